The van der Waals surface area contributed by atoms with Crippen LogP contribution in [0.2, 0.25) is 0 Å². The van der Waals surface area contributed by atoms with E-state index in [1.165, 1.54) is 0 Å². The minimum absolute atomic E-state index is 0.0161. The van der Waals surface area contributed by atoms with Gasteiger partial charge in [-0.2, -0.15) is 0 Å². The fourth-order valence-electron chi connectivity index (χ4n) is 2.13. The van der Waals surface area contributed by atoms with Crippen LogP contribution in [0.1, 0.15) is 31.7 Å². The first-order chi connectivity index (χ1) is 8.99. The highest BCUT2D eigenvalue weighted by molar-refractivity contribution is 7.83. The average Bonchev–Trinajstić information content (AvgIpc) is 2.37. The Kier molecular flexibility index (Phi) is 4.11. The highest BCUT2D eigenvalue weighted by atomic mass is 32.2. The van der Waals surface area contributed by atoms with Crippen LogP contribution in [0.4, 0.5) is 0 Å². The molecule has 0 saturated heterocycles. The Morgan fingerprint density at radius 2 is 2.21 bits per heavy atom. The molecule has 0 saturated carbocycles. The molecular formula is C13H17N3O2S. The Hall–Kier alpha value is -1.53. The van der Waals surface area contributed by atoms with Gasteiger partial charge in [-0.25, -0.2) is 4.21 Å². The molecule has 0 bridgehead atoms. The molecule has 2 rings (SSSR count). The standard InChI is InChI=1S/C13H17N3O2S/c1-8(6-9(2)19(14)18)10-7-12-11(16-13(10)17)4-3-5-15-12/h3-5,7-9H,6,14H2,1-2H3,(H,16,17)/t8-,9?,19?/m0/s1. The monoisotopic (exact) mass is 279 g/mol. The van der Waals surface area contributed by atoms with Crippen LogP contribution in [0.15, 0.2) is 29.2 Å². The number of fused-ring (bicyclic) bond motifs is 1. The molecule has 0 aromatic carbocycles. The van der Waals surface area contributed by atoms with Crippen molar-refractivity contribution in [1.82, 2.24) is 9.97 Å². The van der Waals surface area contributed by atoms with Gasteiger partial charge in [0.25, 0.3) is 5.56 Å². The maximum atomic E-state index is 12.0. The topological polar surface area (TPSA) is 88.8 Å². The second kappa shape index (κ2) is 5.63. The molecule has 2 heterocycles. The molecule has 6 heteroatoms. The van der Waals surface area contributed by atoms with Crippen molar-refractivity contribution >= 4 is 22.0 Å². The molecule has 102 valence electrons. The van der Waals surface area contributed by atoms with Crippen molar-refractivity contribution in [1.29, 1.82) is 0 Å². The van der Waals surface area contributed by atoms with Crippen molar-refractivity contribution in [2.75, 3.05) is 0 Å². The van der Waals surface area contributed by atoms with Crippen LogP contribution >= 0.6 is 0 Å². The highest BCUT2D eigenvalue weighted by Crippen LogP contribution is 2.20. The Morgan fingerprint density at radius 3 is 2.89 bits per heavy atom. The number of aromatic amines is 1. The number of rotatable bonds is 4. The number of aromatic nitrogens is 2. The summed E-state index contributed by atoms with van der Waals surface area (Å²) in [5.74, 6) is -0.0161. The zero-order valence-corrected chi connectivity index (χ0v) is 11.7. The number of nitrogens with zero attached hydrogens (tertiary/aromatic N) is 1. The minimum atomic E-state index is -1.37. The SMILES string of the molecule is CC(C[C@H](C)c1cc2ncccc2[nH]c1=O)S(N)=O. The van der Waals surface area contributed by atoms with E-state index < -0.39 is 11.0 Å². The smallest absolute Gasteiger partial charge is 0.251 e. The van der Waals surface area contributed by atoms with Gasteiger partial charge in [-0.15, -0.1) is 0 Å². The summed E-state index contributed by atoms with van der Waals surface area (Å²) in [7, 11) is -1.37. The number of hydrogen-bond donors (Lipinski definition) is 2. The molecule has 5 nitrogen and oxygen atoms in total. The lowest BCUT2D eigenvalue weighted by Gasteiger charge is -2.15. The van der Waals surface area contributed by atoms with Crippen LogP contribution in [0.25, 0.3) is 11.0 Å². The van der Waals surface area contributed by atoms with Crippen LogP contribution < -0.4 is 10.7 Å². The van der Waals surface area contributed by atoms with Gasteiger partial charge in [0.05, 0.1) is 22.0 Å². The predicted octanol–water partition coefficient (Wildman–Crippen LogP) is 1.43. The molecule has 0 radical (unpaired) electrons. The Labute approximate surface area is 113 Å². The lowest BCUT2D eigenvalue weighted by atomic mass is 9.97. The zero-order chi connectivity index (χ0) is 14.0. The molecule has 2 aromatic rings. The molecule has 2 aromatic heterocycles. The Bertz CT molecular complexity index is 668. The third-order valence-electron chi connectivity index (χ3n) is 3.25. The van der Waals surface area contributed by atoms with E-state index in [0.29, 0.717) is 12.0 Å². The van der Waals surface area contributed by atoms with Crippen LogP contribution in [0.5, 0.6) is 0 Å². The van der Waals surface area contributed by atoms with E-state index in [-0.39, 0.29) is 16.7 Å². The predicted molar refractivity (Wildman–Crippen MR) is 77.2 cm³/mol. The van der Waals surface area contributed by atoms with Gasteiger partial charge in [0.15, 0.2) is 0 Å². The van der Waals surface area contributed by atoms with Gasteiger partial charge < -0.3 is 4.98 Å². The Balaban J connectivity index is 2.36. The van der Waals surface area contributed by atoms with Crippen molar-refractivity contribution in [2.24, 2.45) is 5.14 Å². The van der Waals surface area contributed by atoms with E-state index >= 15 is 0 Å². The first kappa shape index (κ1) is 13.9. The largest absolute Gasteiger partial charge is 0.320 e. The summed E-state index contributed by atoms with van der Waals surface area (Å²) >= 11 is 0. The summed E-state index contributed by atoms with van der Waals surface area (Å²) in [6, 6.07) is 5.39. The normalized spacial score (nSPS) is 16.2. The quantitative estimate of drug-likeness (QED) is 0.887. The van der Waals surface area contributed by atoms with Crippen LogP contribution in [0, 0.1) is 0 Å². The summed E-state index contributed by atoms with van der Waals surface area (Å²) in [4.78, 5) is 19.1. The van der Waals surface area contributed by atoms with E-state index in [2.05, 4.69) is 9.97 Å². The third kappa shape index (κ3) is 3.08. The van der Waals surface area contributed by atoms with Crippen molar-refractivity contribution in [3.63, 3.8) is 0 Å². The van der Waals surface area contributed by atoms with Gasteiger partial charge in [-0.1, -0.05) is 6.92 Å². The number of H-pyrrole nitrogens is 1. The van der Waals surface area contributed by atoms with Gasteiger partial charge in [0.2, 0.25) is 0 Å². The highest BCUT2D eigenvalue weighted by Gasteiger charge is 2.17. The fraction of sp³-hybridized carbons (Fsp3) is 0.385. The van der Waals surface area contributed by atoms with Crippen LogP contribution in [0.3, 0.4) is 0 Å². The summed E-state index contributed by atoms with van der Waals surface area (Å²) in [6.07, 6.45) is 2.29. The van der Waals surface area contributed by atoms with E-state index in [1.54, 1.807) is 18.3 Å². The second-order valence-corrected chi connectivity index (χ2v) is 6.23. The molecule has 19 heavy (non-hydrogen) atoms. The van der Waals surface area contributed by atoms with Gasteiger partial charge in [-0.3, -0.25) is 14.9 Å². The van der Waals surface area contributed by atoms with Crippen LogP contribution in [-0.4, -0.2) is 19.4 Å². The van der Waals surface area contributed by atoms with E-state index in [0.717, 1.165) is 11.0 Å². The van der Waals surface area contributed by atoms with E-state index in [9.17, 15) is 9.00 Å². The molecule has 0 aliphatic carbocycles. The van der Waals surface area contributed by atoms with Gasteiger partial charge in [-0.05, 0) is 37.5 Å². The maximum absolute atomic E-state index is 12.0. The lowest BCUT2D eigenvalue weighted by Crippen LogP contribution is -2.23. The zero-order valence-electron chi connectivity index (χ0n) is 10.9. The van der Waals surface area contributed by atoms with Crippen molar-refractivity contribution in [3.8, 4) is 0 Å². The molecule has 0 aliphatic heterocycles. The number of nitrogens with one attached hydrogen (secondary N) is 1. The molecule has 0 fully saturated rings. The third-order valence-corrected chi connectivity index (χ3v) is 4.24. The first-order valence-electron chi connectivity index (χ1n) is 6.12. The summed E-state index contributed by atoms with van der Waals surface area (Å²) in [6.45, 7) is 3.75. The molecular weight excluding hydrogens is 262 g/mol. The van der Waals surface area contributed by atoms with Crippen molar-refractivity contribution in [3.05, 3.63) is 40.3 Å². The van der Waals surface area contributed by atoms with E-state index in [1.807, 2.05) is 19.9 Å². The second-order valence-electron chi connectivity index (χ2n) is 4.77. The summed E-state index contributed by atoms with van der Waals surface area (Å²) in [5, 5.41) is 5.22. The van der Waals surface area contributed by atoms with Gasteiger partial charge in [0.1, 0.15) is 0 Å². The number of hydrogen-bond acceptors (Lipinski definition) is 3. The fourth-order valence-corrected chi connectivity index (χ4v) is 2.61. The molecule has 3 N–H and O–H groups in total. The summed E-state index contributed by atoms with van der Waals surface area (Å²) < 4.78 is 11.2. The first-order valence-corrected chi connectivity index (χ1v) is 7.39. The number of nitrogens with two attached hydrogens (primary N) is 1. The molecule has 0 aliphatic rings. The lowest BCUT2D eigenvalue weighted by molar-refractivity contribution is 0.632. The van der Waals surface area contributed by atoms with Gasteiger partial charge >= 0.3 is 0 Å². The van der Waals surface area contributed by atoms with E-state index in [4.69, 9.17) is 5.14 Å². The maximum Gasteiger partial charge on any atom is 0.251 e. The van der Waals surface area contributed by atoms with Crippen molar-refractivity contribution in [2.45, 2.75) is 31.4 Å². The van der Waals surface area contributed by atoms with Crippen molar-refractivity contribution < 1.29 is 4.21 Å². The molecule has 2 unspecified atom stereocenters. The number of pyridine rings is 2. The van der Waals surface area contributed by atoms with Crippen LogP contribution in [-0.2, 0) is 11.0 Å². The summed E-state index contributed by atoms with van der Waals surface area (Å²) in [5.41, 5.74) is 2.01. The molecule has 0 amide bonds. The average molecular weight is 279 g/mol. The molecule has 3 atom stereocenters. The minimum Gasteiger partial charge on any atom is -0.320 e. The molecule has 0 spiro atoms. The van der Waals surface area contributed by atoms with Gasteiger partial charge in [0, 0.05) is 17.0 Å². The Morgan fingerprint density at radius 1 is 1.47 bits per heavy atom.